The van der Waals surface area contributed by atoms with Gasteiger partial charge in [0.1, 0.15) is 0 Å². The Balaban J connectivity index is 1.99. The molecular formula is C14H14O3. The van der Waals surface area contributed by atoms with E-state index in [1.165, 1.54) is 0 Å². The molecule has 17 heavy (non-hydrogen) atoms. The van der Waals surface area contributed by atoms with Gasteiger partial charge >= 0.3 is 5.97 Å². The van der Waals surface area contributed by atoms with E-state index in [1.807, 2.05) is 12.1 Å². The molecule has 1 N–H and O–H groups in total. The zero-order valence-corrected chi connectivity index (χ0v) is 9.43. The average Bonchev–Trinajstić information content (AvgIpc) is 3.12. The van der Waals surface area contributed by atoms with Crippen molar-refractivity contribution in [1.29, 1.82) is 0 Å². The first kappa shape index (κ1) is 11.6. The van der Waals surface area contributed by atoms with Crippen LogP contribution in [0.25, 0.3) is 6.08 Å². The molecule has 1 aromatic rings. The van der Waals surface area contributed by atoms with Crippen molar-refractivity contribution in [2.24, 2.45) is 5.92 Å². The fraction of sp³-hybridized carbons (Fsp3) is 0.286. The number of carboxylic acid groups (broad SMARTS) is 1. The molecule has 0 spiro atoms. The van der Waals surface area contributed by atoms with Crippen LogP contribution >= 0.6 is 0 Å². The fourth-order valence-electron chi connectivity index (χ4n) is 1.64. The molecule has 0 unspecified atom stereocenters. The summed E-state index contributed by atoms with van der Waals surface area (Å²) in [6.07, 6.45) is 5.39. The van der Waals surface area contributed by atoms with Gasteiger partial charge < -0.3 is 5.11 Å². The highest BCUT2D eigenvalue weighted by atomic mass is 16.4. The van der Waals surface area contributed by atoms with E-state index in [-0.39, 0.29) is 18.1 Å². The van der Waals surface area contributed by atoms with Crippen molar-refractivity contribution in [3.05, 3.63) is 41.5 Å². The lowest BCUT2D eigenvalue weighted by Gasteiger charge is -1.99. The monoisotopic (exact) mass is 230 g/mol. The van der Waals surface area contributed by atoms with Crippen LogP contribution in [0.5, 0.6) is 0 Å². The Kier molecular flexibility index (Phi) is 3.38. The summed E-state index contributed by atoms with van der Waals surface area (Å²) in [4.78, 5) is 22.0. The minimum atomic E-state index is -0.846. The van der Waals surface area contributed by atoms with Crippen LogP contribution in [0.2, 0.25) is 0 Å². The quantitative estimate of drug-likeness (QED) is 0.791. The minimum Gasteiger partial charge on any atom is -0.481 e. The van der Waals surface area contributed by atoms with E-state index >= 15 is 0 Å². The second-order valence-electron chi connectivity index (χ2n) is 4.26. The predicted octanol–water partition coefficient (Wildman–Crippen LogP) is 2.77. The molecule has 0 radical (unpaired) electrons. The molecule has 88 valence electrons. The van der Waals surface area contributed by atoms with Gasteiger partial charge in [-0.1, -0.05) is 36.4 Å². The summed E-state index contributed by atoms with van der Waals surface area (Å²) in [5.74, 6) is -0.378. The second kappa shape index (κ2) is 4.95. The molecule has 3 heteroatoms. The number of Topliss-reactive ketones (excluding diaryl/α,β-unsaturated/α-hetero) is 1. The Morgan fingerprint density at radius 2 is 1.88 bits per heavy atom. The number of hydrogen-bond donors (Lipinski definition) is 1. The van der Waals surface area contributed by atoms with Gasteiger partial charge in [0, 0.05) is 11.5 Å². The molecule has 0 aromatic heterocycles. The third-order valence-corrected chi connectivity index (χ3v) is 2.75. The van der Waals surface area contributed by atoms with E-state index in [4.69, 9.17) is 5.11 Å². The highest BCUT2D eigenvalue weighted by Gasteiger charge is 2.30. The third-order valence-electron chi connectivity index (χ3n) is 2.75. The first-order chi connectivity index (χ1) is 8.16. The van der Waals surface area contributed by atoms with Crippen LogP contribution in [-0.4, -0.2) is 16.9 Å². The van der Waals surface area contributed by atoms with E-state index in [0.29, 0.717) is 0 Å². The van der Waals surface area contributed by atoms with Crippen LogP contribution in [0.15, 0.2) is 30.3 Å². The molecule has 0 heterocycles. The first-order valence-corrected chi connectivity index (χ1v) is 5.69. The van der Waals surface area contributed by atoms with Gasteiger partial charge in [0.15, 0.2) is 5.78 Å². The molecular weight excluding hydrogens is 216 g/mol. The van der Waals surface area contributed by atoms with Gasteiger partial charge in [0.25, 0.3) is 0 Å². The first-order valence-electron chi connectivity index (χ1n) is 5.69. The predicted molar refractivity (Wildman–Crippen MR) is 64.8 cm³/mol. The molecule has 1 saturated carbocycles. The number of carboxylic acids is 1. The summed E-state index contributed by atoms with van der Waals surface area (Å²) in [7, 11) is 0. The van der Waals surface area contributed by atoms with Crippen molar-refractivity contribution in [1.82, 2.24) is 0 Å². The Morgan fingerprint density at radius 1 is 1.24 bits per heavy atom. The Hall–Kier alpha value is -1.90. The highest BCUT2D eigenvalue weighted by molar-refractivity contribution is 5.99. The van der Waals surface area contributed by atoms with Crippen LogP contribution in [0.4, 0.5) is 0 Å². The van der Waals surface area contributed by atoms with Crippen LogP contribution in [-0.2, 0) is 4.79 Å². The van der Waals surface area contributed by atoms with Gasteiger partial charge in [0.2, 0.25) is 0 Å². The zero-order chi connectivity index (χ0) is 12.3. The summed E-state index contributed by atoms with van der Waals surface area (Å²) in [6.45, 7) is 0. The highest BCUT2D eigenvalue weighted by Crippen LogP contribution is 2.32. The number of carbonyl (C=O) groups is 2. The molecule has 3 nitrogen and oxygen atoms in total. The lowest BCUT2D eigenvalue weighted by Crippen LogP contribution is -2.00. The molecule has 0 saturated heterocycles. The van der Waals surface area contributed by atoms with Gasteiger partial charge in [-0.25, -0.2) is 0 Å². The molecule has 2 rings (SSSR count). The Morgan fingerprint density at radius 3 is 2.41 bits per heavy atom. The standard InChI is InChI=1S/C14H14O3/c15-13(16)3-1-2-10-4-6-11(7-5-10)14(17)12-8-9-12/h1-2,4-7,12H,3,8-9H2,(H,15,16). The normalized spacial score (nSPS) is 15.1. The molecule has 0 amide bonds. The van der Waals surface area contributed by atoms with Gasteiger partial charge in [-0.2, -0.15) is 0 Å². The largest absolute Gasteiger partial charge is 0.481 e. The van der Waals surface area contributed by atoms with Crippen LogP contribution < -0.4 is 0 Å². The van der Waals surface area contributed by atoms with E-state index < -0.39 is 5.97 Å². The molecule has 0 atom stereocenters. The smallest absolute Gasteiger partial charge is 0.307 e. The SMILES string of the molecule is O=C(O)CC=Cc1ccc(C(=O)C2CC2)cc1. The number of ketones is 1. The van der Waals surface area contributed by atoms with Gasteiger partial charge in [-0.05, 0) is 18.4 Å². The fourth-order valence-corrected chi connectivity index (χ4v) is 1.64. The zero-order valence-electron chi connectivity index (χ0n) is 9.43. The van der Waals surface area contributed by atoms with Crippen LogP contribution in [0.3, 0.4) is 0 Å². The molecule has 1 fully saturated rings. The lowest BCUT2D eigenvalue weighted by molar-refractivity contribution is -0.135. The summed E-state index contributed by atoms with van der Waals surface area (Å²) >= 11 is 0. The number of carbonyl (C=O) groups excluding carboxylic acids is 1. The summed E-state index contributed by atoms with van der Waals surface area (Å²) in [6, 6.07) is 7.30. The minimum absolute atomic E-state index is 0.0166. The average molecular weight is 230 g/mol. The molecule has 1 aromatic carbocycles. The van der Waals surface area contributed by atoms with E-state index in [9.17, 15) is 9.59 Å². The molecule has 1 aliphatic rings. The van der Waals surface area contributed by atoms with Crippen molar-refractivity contribution in [3.63, 3.8) is 0 Å². The maximum absolute atomic E-state index is 11.7. The topological polar surface area (TPSA) is 54.4 Å². The molecule has 1 aliphatic carbocycles. The molecule has 0 bridgehead atoms. The van der Waals surface area contributed by atoms with Gasteiger partial charge in [-0.3, -0.25) is 9.59 Å². The van der Waals surface area contributed by atoms with E-state index in [1.54, 1.807) is 24.3 Å². The van der Waals surface area contributed by atoms with Crippen LogP contribution in [0.1, 0.15) is 35.2 Å². The number of benzene rings is 1. The number of rotatable bonds is 5. The Labute approximate surface area is 99.8 Å². The lowest BCUT2D eigenvalue weighted by atomic mass is 10.0. The van der Waals surface area contributed by atoms with Crippen molar-refractivity contribution >= 4 is 17.8 Å². The van der Waals surface area contributed by atoms with E-state index in [0.717, 1.165) is 24.0 Å². The van der Waals surface area contributed by atoms with Crippen molar-refractivity contribution in [3.8, 4) is 0 Å². The molecule has 0 aliphatic heterocycles. The van der Waals surface area contributed by atoms with Crippen molar-refractivity contribution in [2.75, 3.05) is 0 Å². The number of aliphatic carboxylic acids is 1. The van der Waals surface area contributed by atoms with Crippen molar-refractivity contribution < 1.29 is 14.7 Å². The maximum atomic E-state index is 11.7. The third kappa shape index (κ3) is 3.28. The van der Waals surface area contributed by atoms with E-state index in [2.05, 4.69) is 0 Å². The number of hydrogen-bond acceptors (Lipinski definition) is 2. The van der Waals surface area contributed by atoms with Crippen LogP contribution in [0, 0.1) is 5.92 Å². The Bertz CT molecular complexity index is 453. The van der Waals surface area contributed by atoms with Gasteiger partial charge in [-0.15, -0.1) is 0 Å². The summed E-state index contributed by atoms with van der Waals surface area (Å²) in [5, 5.41) is 8.48. The summed E-state index contributed by atoms with van der Waals surface area (Å²) in [5.41, 5.74) is 1.67. The maximum Gasteiger partial charge on any atom is 0.307 e. The summed E-state index contributed by atoms with van der Waals surface area (Å²) < 4.78 is 0. The second-order valence-corrected chi connectivity index (χ2v) is 4.26. The van der Waals surface area contributed by atoms with Crippen molar-refractivity contribution in [2.45, 2.75) is 19.3 Å². The van der Waals surface area contributed by atoms with Gasteiger partial charge in [0.05, 0.1) is 6.42 Å².